The molecule has 2 aromatic carbocycles. The Bertz CT molecular complexity index is 889. The zero-order valence-electron chi connectivity index (χ0n) is 14.6. The predicted molar refractivity (Wildman–Crippen MR) is 103 cm³/mol. The Balaban J connectivity index is 2.09. The number of carbonyl (C=O) groups is 2. The van der Waals surface area contributed by atoms with Crippen LogP contribution in [0.5, 0.6) is 0 Å². The summed E-state index contributed by atoms with van der Waals surface area (Å²) in [5.41, 5.74) is 2.97. The number of rotatable bonds is 5. The number of hydrogen-bond donors (Lipinski definition) is 2. The molecule has 0 aliphatic heterocycles. The Morgan fingerprint density at radius 2 is 1.50 bits per heavy atom. The maximum absolute atomic E-state index is 12.3. The number of carbonyl (C=O) groups excluding carboxylic acids is 2. The first-order chi connectivity index (χ1) is 12.5. The van der Waals surface area contributed by atoms with Crippen molar-refractivity contribution >= 4 is 29.3 Å². The van der Waals surface area contributed by atoms with Crippen molar-refractivity contribution in [3.05, 3.63) is 77.4 Å². The third-order valence-electron chi connectivity index (χ3n) is 3.39. The van der Waals surface area contributed by atoms with Gasteiger partial charge >= 0.3 is 0 Å². The molecule has 26 heavy (non-hydrogen) atoms. The van der Waals surface area contributed by atoms with Crippen LogP contribution in [0.25, 0.3) is 6.08 Å². The van der Waals surface area contributed by atoms with E-state index >= 15 is 0 Å². The molecule has 2 rings (SSSR count). The highest BCUT2D eigenvalue weighted by Gasteiger charge is 2.09. The van der Waals surface area contributed by atoms with E-state index in [1.165, 1.54) is 6.92 Å². The minimum atomic E-state index is -0.486. The Kier molecular flexibility index (Phi) is 6.47. The highest BCUT2D eigenvalue weighted by Crippen LogP contribution is 2.15. The van der Waals surface area contributed by atoms with Gasteiger partial charge in [-0.3, -0.25) is 9.59 Å². The summed E-state index contributed by atoms with van der Waals surface area (Å²) >= 11 is 0. The van der Waals surface area contributed by atoms with E-state index in [4.69, 9.17) is 0 Å². The molecule has 0 aromatic heterocycles. The fourth-order valence-corrected chi connectivity index (χ4v) is 2.27. The molecule has 0 spiro atoms. The van der Waals surface area contributed by atoms with Gasteiger partial charge in [-0.15, -0.1) is 0 Å². The van der Waals surface area contributed by atoms with E-state index in [0.29, 0.717) is 11.4 Å². The van der Waals surface area contributed by atoms with Crippen molar-refractivity contribution in [3.63, 3.8) is 0 Å². The highest BCUT2D eigenvalue weighted by atomic mass is 16.2. The van der Waals surface area contributed by atoms with Gasteiger partial charge in [-0.25, -0.2) is 0 Å². The van der Waals surface area contributed by atoms with Gasteiger partial charge < -0.3 is 10.6 Å². The van der Waals surface area contributed by atoms with Crippen molar-refractivity contribution < 1.29 is 9.59 Å². The zero-order chi connectivity index (χ0) is 18.9. The van der Waals surface area contributed by atoms with E-state index in [2.05, 4.69) is 10.6 Å². The van der Waals surface area contributed by atoms with E-state index in [-0.39, 0.29) is 11.5 Å². The van der Waals surface area contributed by atoms with Gasteiger partial charge in [0.05, 0.1) is 0 Å². The number of amides is 2. The van der Waals surface area contributed by atoms with E-state index in [0.717, 1.165) is 11.1 Å². The number of allylic oxidation sites excluding steroid dienone is 2. The molecule has 5 heteroatoms. The van der Waals surface area contributed by atoms with Crippen LogP contribution < -0.4 is 10.6 Å². The number of nitrogens with zero attached hydrogens (tertiary/aromatic N) is 1. The lowest BCUT2D eigenvalue weighted by Crippen LogP contribution is -2.13. The topological polar surface area (TPSA) is 82.0 Å². The minimum Gasteiger partial charge on any atom is -0.326 e. The summed E-state index contributed by atoms with van der Waals surface area (Å²) < 4.78 is 0. The summed E-state index contributed by atoms with van der Waals surface area (Å²) in [5.74, 6) is -0.655. The minimum absolute atomic E-state index is 0.0145. The summed E-state index contributed by atoms with van der Waals surface area (Å²) in [7, 11) is 0. The van der Waals surface area contributed by atoms with E-state index in [9.17, 15) is 14.9 Å². The van der Waals surface area contributed by atoms with Crippen LogP contribution in [0, 0.1) is 11.3 Å². The lowest BCUT2D eigenvalue weighted by atomic mass is 10.1. The average molecular weight is 345 g/mol. The summed E-state index contributed by atoms with van der Waals surface area (Å²) in [6, 6.07) is 18.2. The average Bonchev–Trinajstić information content (AvgIpc) is 2.61. The van der Waals surface area contributed by atoms with Gasteiger partial charge in [0.2, 0.25) is 5.91 Å². The molecule has 0 bridgehead atoms. The van der Waals surface area contributed by atoms with Crippen LogP contribution in [0.15, 0.2) is 71.8 Å². The molecule has 0 fully saturated rings. The maximum Gasteiger partial charge on any atom is 0.266 e. The van der Waals surface area contributed by atoms with Crippen LogP contribution in [-0.4, -0.2) is 11.8 Å². The highest BCUT2D eigenvalue weighted by molar-refractivity contribution is 6.07. The number of nitriles is 1. The number of benzene rings is 2. The molecule has 0 radical (unpaired) electrons. The largest absolute Gasteiger partial charge is 0.326 e. The van der Waals surface area contributed by atoms with Crippen LogP contribution >= 0.6 is 0 Å². The van der Waals surface area contributed by atoms with Gasteiger partial charge in [0.1, 0.15) is 11.6 Å². The molecule has 0 aliphatic rings. The van der Waals surface area contributed by atoms with Crippen molar-refractivity contribution in [2.75, 3.05) is 10.6 Å². The van der Waals surface area contributed by atoms with Crippen LogP contribution in [0.1, 0.15) is 19.4 Å². The predicted octanol–water partition coefficient (Wildman–Crippen LogP) is 4.14. The summed E-state index contributed by atoms with van der Waals surface area (Å²) in [5, 5.41) is 14.6. The molecule has 2 aromatic rings. The third-order valence-corrected chi connectivity index (χ3v) is 3.39. The molecule has 130 valence electrons. The van der Waals surface area contributed by atoms with Crippen molar-refractivity contribution in [1.82, 2.24) is 0 Å². The quantitative estimate of drug-likeness (QED) is 0.485. The molecule has 2 N–H and O–H groups in total. The monoisotopic (exact) mass is 345 g/mol. The van der Waals surface area contributed by atoms with Gasteiger partial charge in [0, 0.05) is 18.3 Å². The smallest absolute Gasteiger partial charge is 0.266 e. The second-order valence-electron chi connectivity index (χ2n) is 5.68. The van der Waals surface area contributed by atoms with E-state index < -0.39 is 5.91 Å². The first-order valence-electron chi connectivity index (χ1n) is 8.02. The Hall–Kier alpha value is -3.65. The van der Waals surface area contributed by atoms with Crippen molar-refractivity contribution in [2.45, 2.75) is 13.8 Å². The number of hydrogen-bond acceptors (Lipinski definition) is 3. The summed E-state index contributed by atoms with van der Waals surface area (Å²) in [6.45, 7) is 3.25. The Morgan fingerprint density at radius 1 is 0.923 bits per heavy atom. The first kappa shape index (κ1) is 18.7. The molecular formula is C21H19N3O2. The van der Waals surface area contributed by atoms with Crippen molar-refractivity contribution in [1.29, 1.82) is 5.26 Å². The fraction of sp³-hybridized carbons (Fsp3) is 0.0952. The molecule has 0 heterocycles. The Labute approximate surface area is 152 Å². The second-order valence-corrected chi connectivity index (χ2v) is 5.68. The van der Waals surface area contributed by atoms with Crippen LogP contribution in [-0.2, 0) is 9.59 Å². The van der Waals surface area contributed by atoms with Crippen LogP contribution in [0.2, 0.25) is 0 Å². The number of nitrogens with one attached hydrogen (secondary N) is 2. The number of anilines is 2. The van der Waals surface area contributed by atoms with Gasteiger partial charge in [-0.05, 0) is 48.4 Å². The normalized spacial score (nSPS) is 11.4. The fourth-order valence-electron chi connectivity index (χ4n) is 2.27. The first-order valence-corrected chi connectivity index (χ1v) is 8.02. The summed E-state index contributed by atoms with van der Waals surface area (Å²) in [4.78, 5) is 23.3. The molecule has 5 nitrogen and oxygen atoms in total. The summed E-state index contributed by atoms with van der Waals surface area (Å²) in [6.07, 6.45) is 3.45. The molecule has 0 aliphatic carbocycles. The second kappa shape index (κ2) is 9.00. The van der Waals surface area contributed by atoms with Gasteiger partial charge in [-0.1, -0.05) is 36.4 Å². The molecule has 0 saturated heterocycles. The third kappa shape index (κ3) is 5.77. The standard InChI is InChI=1S/C21H19N3O2/c1-15(12-17-6-4-3-5-7-17)13-18(14-22)21(26)24-20-10-8-19(9-11-20)23-16(2)25/h3-13H,1-2H3,(H,23,25)(H,24,26)/b15-12+,18-13+. The van der Waals surface area contributed by atoms with Crippen molar-refractivity contribution in [3.8, 4) is 6.07 Å². The van der Waals surface area contributed by atoms with Crippen molar-refractivity contribution in [2.24, 2.45) is 0 Å². The molecule has 2 amide bonds. The van der Waals surface area contributed by atoms with Crippen LogP contribution in [0.4, 0.5) is 11.4 Å². The van der Waals surface area contributed by atoms with Gasteiger partial charge in [0.25, 0.3) is 5.91 Å². The zero-order valence-corrected chi connectivity index (χ0v) is 14.6. The molecule has 0 atom stereocenters. The maximum atomic E-state index is 12.3. The van der Waals surface area contributed by atoms with E-state index in [1.54, 1.807) is 30.3 Å². The lowest BCUT2D eigenvalue weighted by molar-refractivity contribution is -0.114. The van der Waals surface area contributed by atoms with E-state index in [1.807, 2.05) is 49.4 Å². The Morgan fingerprint density at radius 3 is 2.04 bits per heavy atom. The van der Waals surface area contributed by atoms with Gasteiger partial charge in [-0.2, -0.15) is 5.26 Å². The SMILES string of the molecule is CC(=O)Nc1ccc(NC(=O)/C(C#N)=C/C(C)=C/c2ccccc2)cc1. The lowest BCUT2D eigenvalue weighted by Gasteiger charge is -2.06. The molecule has 0 saturated carbocycles. The van der Waals surface area contributed by atoms with Gasteiger partial charge in [0.15, 0.2) is 0 Å². The molecular weight excluding hydrogens is 326 g/mol. The van der Waals surface area contributed by atoms with Crippen LogP contribution in [0.3, 0.4) is 0 Å². The molecule has 0 unspecified atom stereocenters.